The first-order chi connectivity index (χ1) is 8.29. The molecule has 1 aromatic rings. The Bertz CT molecular complexity index is 346. The van der Waals surface area contributed by atoms with Crippen LogP contribution < -0.4 is 11.1 Å². The number of aliphatic hydroxyl groups is 1. The minimum absolute atomic E-state index is 0.346. The van der Waals surface area contributed by atoms with Gasteiger partial charge in [-0.2, -0.15) is 0 Å². The van der Waals surface area contributed by atoms with E-state index in [1.807, 2.05) is 18.2 Å². The zero-order valence-electron chi connectivity index (χ0n) is 10.2. The molecule has 0 amide bonds. The first kappa shape index (κ1) is 12.4. The van der Waals surface area contributed by atoms with Gasteiger partial charge in [0, 0.05) is 24.9 Å². The summed E-state index contributed by atoms with van der Waals surface area (Å²) < 4.78 is 0. The van der Waals surface area contributed by atoms with Crippen molar-refractivity contribution >= 4 is 5.69 Å². The molecule has 0 heterocycles. The Kier molecular flexibility index (Phi) is 4.40. The van der Waals surface area contributed by atoms with Crippen LogP contribution >= 0.6 is 0 Å². The standard InChI is InChI=1S/C14H22N2O/c15-14-4-2-1-3-12(14)9-16-13-7-5-11(10-17)6-8-13/h1-4,11,13,16-17H,5-10,15H2. The number of nitrogens with one attached hydrogen (secondary N) is 1. The van der Waals surface area contributed by atoms with Gasteiger partial charge in [-0.05, 0) is 43.2 Å². The monoisotopic (exact) mass is 234 g/mol. The van der Waals surface area contributed by atoms with Gasteiger partial charge in [0.25, 0.3) is 0 Å². The Morgan fingerprint density at radius 2 is 1.88 bits per heavy atom. The second-order valence-electron chi connectivity index (χ2n) is 4.98. The van der Waals surface area contributed by atoms with E-state index in [2.05, 4.69) is 11.4 Å². The van der Waals surface area contributed by atoms with E-state index in [4.69, 9.17) is 10.8 Å². The molecule has 2 rings (SSSR count). The molecule has 0 bridgehead atoms. The normalized spacial score (nSPS) is 24.8. The summed E-state index contributed by atoms with van der Waals surface area (Å²) in [6, 6.07) is 8.58. The number of para-hydroxylation sites is 1. The lowest BCUT2D eigenvalue weighted by Gasteiger charge is -2.28. The summed E-state index contributed by atoms with van der Waals surface area (Å²) in [5.74, 6) is 0.523. The van der Waals surface area contributed by atoms with Crippen molar-refractivity contribution in [2.24, 2.45) is 5.92 Å². The van der Waals surface area contributed by atoms with E-state index in [1.165, 1.54) is 5.56 Å². The van der Waals surface area contributed by atoms with Gasteiger partial charge in [0.15, 0.2) is 0 Å². The molecule has 3 heteroatoms. The van der Waals surface area contributed by atoms with Crippen LogP contribution in [0.5, 0.6) is 0 Å². The lowest BCUT2D eigenvalue weighted by molar-refractivity contribution is 0.175. The number of benzene rings is 1. The second-order valence-corrected chi connectivity index (χ2v) is 4.98. The minimum Gasteiger partial charge on any atom is -0.398 e. The molecule has 1 fully saturated rings. The van der Waals surface area contributed by atoms with Crippen LogP contribution in [0.1, 0.15) is 31.2 Å². The highest BCUT2D eigenvalue weighted by molar-refractivity contribution is 5.46. The van der Waals surface area contributed by atoms with E-state index in [9.17, 15) is 0 Å². The third kappa shape index (κ3) is 3.45. The predicted molar refractivity (Wildman–Crippen MR) is 70.5 cm³/mol. The quantitative estimate of drug-likeness (QED) is 0.697. The van der Waals surface area contributed by atoms with Crippen LogP contribution in [0, 0.1) is 5.92 Å². The van der Waals surface area contributed by atoms with E-state index in [-0.39, 0.29) is 0 Å². The number of hydrogen-bond acceptors (Lipinski definition) is 3. The fraction of sp³-hybridized carbons (Fsp3) is 0.571. The Balaban J connectivity index is 1.78. The molecule has 1 aliphatic carbocycles. The maximum atomic E-state index is 9.08. The zero-order valence-corrected chi connectivity index (χ0v) is 10.2. The van der Waals surface area contributed by atoms with E-state index >= 15 is 0 Å². The molecule has 0 aliphatic heterocycles. The topological polar surface area (TPSA) is 58.3 Å². The Morgan fingerprint density at radius 1 is 1.18 bits per heavy atom. The molecular formula is C14H22N2O. The van der Waals surface area contributed by atoms with Crippen LogP contribution in [0.2, 0.25) is 0 Å². The third-order valence-electron chi connectivity index (χ3n) is 3.74. The van der Waals surface area contributed by atoms with Gasteiger partial charge in [-0.1, -0.05) is 18.2 Å². The zero-order chi connectivity index (χ0) is 12.1. The van der Waals surface area contributed by atoms with Crippen molar-refractivity contribution in [2.45, 2.75) is 38.3 Å². The summed E-state index contributed by atoms with van der Waals surface area (Å²) in [7, 11) is 0. The molecule has 0 spiro atoms. The van der Waals surface area contributed by atoms with Crippen molar-refractivity contribution in [3.05, 3.63) is 29.8 Å². The highest BCUT2D eigenvalue weighted by Crippen LogP contribution is 2.24. The van der Waals surface area contributed by atoms with Gasteiger partial charge in [0.1, 0.15) is 0 Å². The molecular weight excluding hydrogens is 212 g/mol. The van der Waals surface area contributed by atoms with Crippen molar-refractivity contribution in [1.82, 2.24) is 5.32 Å². The van der Waals surface area contributed by atoms with E-state index in [0.717, 1.165) is 37.9 Å². The number of anilines is 1. The molecule has 1 aliphatic rings. The van der Waals surface area contributed by atoms with Crippen molar-refractivity contribution in [2.75, 3.05) is 12.3 Å². The summed E-state index contributed by atoms with van der Waals surface area (Å²) in [6.45, 7) is 1.19. The molecule has 1 aromatic carbocycles. The Labute approximate surface area is 103 Å². The SMILES string of the molecule is Nc1ccccc1CNC1CCC(CO)CC1. The molecule has 1 saturated carbocycles. The summed E-state index contributed by atoms with van der Waals surface area (Å²) in [5.41, 5.74) is 7.95. The van der Waals surface area contributed by atoms with Crippen LogP contribution in [0.4, 0.5) is 5.69 Å². The van der Waals surface area contributed by atoms with Gasteiger partial charge in [-0.25, -0.2) is 0 Å². The van der Waals surface area contributed by atoms with Crippen molar-refractivity contribution < 1.29 is 5.11 Å². The van der Waals surface area contributed by atoms with Crippen LogP contribution in [0.15, 0.2) is 24.3 Å². The lowest BCUT2D eigenvalue weighted by Crippen LogP contribution is -2.33. The molecule has 94 valence electrons. The maximum absolute atomic E-state index is 9.08. The summed E-state index contributed by atoms with van der Waals surface area (Å²) in [4.78, 5) is 0. The summed E-state index contributed by atoms with van der Waals surface area (Å²) in [5, 5.41) is 12.6. The van der Waals surface area contributed by atoms with E-state index in [1.54, 1.807) is 0 Å². The summed E-state index contributed by atoms with van der Waals surface area (Å²) in [6.07, 6.45) is 4.60. The lowest BCUT2D eigenvalue weighted by atomic mass is 9.86. The average molecular weight is 234 g/mol. The first-order valence-electron chi connectivity index (χ1n) is 6.47. The average Bonchev–Trinajstić information content (AvgIpc) is 2.38. The predicted octanol–water partition coefficient (Wildman–Crippen LogP) is 1.91. The van der Waals surface area contributed by atoms with Gasteiger partial charge >= 0.3 is 0 Å². The molecule has 3 nitrogen and oxygen atoms in total. The van der Waals surface area contributed by atoms with Crippen LogP contribution in [0.3, 0.4) is 0 Å². The van der Waals surface area contributed by atoms with Gasteiger partial charge in [-0.15, -0.1) is 0 Å². The van der Waals surface area contributed by atoms with Crippen LogP contribution in [0.25, 0.3) is 0 Å². The number of nitrogens with two attached hydrogens (primary N) is 1. The largest absolute Gasteiger partial charge is 0.398 e. The number of rotatable bonds is 4. The van der Waals surface area contributed by atoms with Gasteiger partial charge < -0.3 is 16.2 Å². The minimum atomic E-state index is 0.346. The molecule has 0 atom stereocenters. The first-order valence-corrected chi connectivity index (χ1v) is 6.47. The van der Waals surface area contributed by atoms with E-state index in [0.29, 0.717) is 18.6 Å². The van der Waals surface area contributed by atoms with E-state index < -0.39 is 0 Å². The molecule has 0 unspecified atom stereocenters. The Hall–Kier alpha value is -1.06. The fourth-order valence-corrected chi connectivity index (χ4v) is 2.50. The molecule has 0 aromatic heterocycles. The summed E-state index contributed by atoms with van der Waals surface area (Å²) >= 11 is 0. The Morgan fingerprint density at radius 3 is 2.53 bits per heavy atom. The molecule has 0 saturated heterocycles. The molecule has 4 N–H and O–H groups in total. The van der Waals surface area contributed by atoms with Crippen molar-refractivity contribution in [1.29, 1.82) is 0 Å². The number of nitrogen functional groups attached to an aromatic ring is 1. The van der Waals surface area contributed by atoms with Crippen molar-refractivity contribution in [3.63, 3.8) is 0 Å². The molecule has 17 heavy (non-hydrogen) atoms. The second kappa shape index (κ2) is 6.03. The maximum Gasteiger partial charge on any atom is 0.0459 e. The highest BCUT2D eigenvalue weighted by Gasteiger charge is 2.19. The number of hydrogen-bond donors (Lipinski definition) is 3. The van der Waals surface area contributed by atoms with Crippen LogP contribution in [-0.2, 0) is 6.54 Å². The third-order valence-corrected chi connectivity index (χ3v) is 3.74. The van der Waals surface area contributed by atoms with Gasteiger partial charge in [0.2, 0.25) is 0 Å². The number of aliphatic hydroxyl groups excluding tert-OH is 1. The van der Waals surface area contributed by atoms with Crippen LogP contribution in [-0.4, -0.2) is 17.8 Å². The van der Waals surface area contributed by atoms with Gasteiger partial charge in [0.05, 0.1) is 0 Å². The highest BCUT2D eigenvalue weighted by atomic mass is 16.3. The fourth-order valence-electron chi connectivity index (χ4n) is 2.50. The smallest absolute Gasteiger partial charge is 0.0459 e. The van der Waals surface area contributed by atoms with Crippen molar-refractivity contribution in [3.8, 4) is 0 Å². The molecule has 0 radical (unpaired) electrons. The van der Waals surface area contributed by atoms with Gasteiger partial charge in [-0.3, -0.25) is 0 Å².